The number of aryl methyl sites for hydroxylation is 1. The Hall–Kier alpha value is -1.61. The second-order valence-electron chi connectivity index (χ2n) is 5.01. The molecule has 1 saturated heterocycles. The molecule has 1 fully saturated rings. The molecule has 0 aliphatic carbocycles. The third kappa shape index (κ3) is 3.53. The number of carboxylic acids is 1. The summed E-state index contributed by atoms with van der Waals surface area (Å²) in [7, 11) is -7.17. The van der Waals surface area contributed by atoms with Crippen LogP contribution in [-0.2, 0) is 19.9 Å². The van der Waals surface area contributed by atoms with Gasteiger partial charge in [-0.1, -0.05) is 6.07 Å². The summed E-state index contributed by atoms with van der Waals surface area (Å²) in [5, 5.41) is 8.01. The molecular weight excluding hydrogens is 318 g/mol. The molecule has 2 rings (SSSR count). The predicted octanol–water partition coefficient (Wildman–Crippen LogP) is 0.622. The lowest BCUT2D eigenvalue weighted by Crippen LogP contribution is -2.28. The fourth-order valence-corrected chi connectivity index (χ4v) is 6.25. The number of hydrogen-bond acceptors (Lipinski definition) is 5. The van der Waals surface area contributed by atoms with E-state index >= 15 is 0 Å². The summed E-state index contributed by atoms with van der Waals surface area (Å²) >= 11 is 0. The maximum atomic E-state index is 12.1. The highest BCUT2D eigenvalue weighted by molar-refractivity contribution is 7.97. The average molecular weight is 333 g/mol. The molecule has 1 aliphatic rings. The molecule has 116 valence electrons. The van der Waals surface area contributed by atoms with E-state index in [1.54, 1.807) is 6.92 Å². The van der Waals surface area contributed by atoms with Gasteiger partial charge in [0, 0.05) is 5.69 Å². The summed E-state index contributed by atoms with van der Waals surface area (Å²) in [6.45, 7) is 1.60. The van der Waals surface area contributed by atoms with Crippen LogP contribution in [0.1, 0.15) is 22.3 Å². The number of sulfone groups is 1. The Morgan fingerprint density at radius 3 is 2.57 bits per heavy atom. The highest BCUT2D eigenvalue weighted by Crippen LogP contribution is 2.23. The van der Waals surface area contributed by atoms with Gasteiger partial charge in [-0.05, 0) is 31.0 Å². The molecule has 1 heterocycles. The third-order valence-corrected chi connectivity index (χ3v) is 7.14. The summed E-state index contributed by atoms with van der Waals surface area (Å²) in [5.41, 5.74) is 0.616. The Morgan fingerprint density at radius 2 is 2.05 bits per heavy atom. The molecule has 1 aromatic rings. The van der Waals surface area contributed by atoms with E-state index in [-0.39, 0.29) is 23.4 Å². The van der Waals surface area contributed by atoms with Crippen molar-refractivity contribution in [3.63, 3.8) is 0 Å². The molecule has 0 spiro atoms. The first kappa shape index (κ1) is 15.8. The van der Waals surface area contributed by atoms with Crippen LogP contribution in [0.15, 0.2) is 18.2 Å². The van der Waals surface area contributed by atoms with Crippen molar-refractivity contribution >= 4 is 31.5 Å². The van der Waals surface area contributed by atoms with Gasteiger partial charge in [-0.15, -0.1) is 0 Å². The van der Waals surface area contributed by atoms with E-state index < -0.39 is 36.8 Å². The van der Waals surface area contributed by atoms with Crippen LogP contribution in [0.4, 0.5) is 5.69 Å². The number of aromatic carboxylic acids is 1. The van der Waals surface area contributed by atoms with Crippen molar-refractivity contribution in [2.24, 2.45) is 0 Å². The smallest absolute Gasteiger partial charge is 0.336 e. The number of nitrogens with one attached hydrogen (secondary N) is 1. The second-order valence-corrected chi connectivity index (χ2v) is 9.20. The molecule has 1 unspecified atom stereocenters. The normalized spacial score (nSPS) is 21.1. The van der Waals surface area contributed by atoms with Crippen molar-refractivity contribution in [1.29, 1.82) is 0 Å². The molecule has 0 radical (unpaired) electrons. The standard InChI is InChI=1S/C12H15NO6S2/c1-8-2-3-9(6-11(8)12(14)15)13-21(18,19)10-4-5-20(16,17)7-10/h2-3,6,10,13H,4-5,7H2,1H3,(H,14,15). The fourth-order valence-electron chi connectivity index (χ4n) is 2.17. The van der Waals surface area contributed by atoms with Crippen LogP contribution in [0.2, 0.25) is 0 Å². The van der Waals surface area contributed by atoms with Crippen molar-refractivity contribution in [3.8, 4) is 0 Å². The topological polar surface area (TPSA) is 118 Å². The Kier molecular flexibility index (Phi) is 3.98. The quantitative estimate of drug-likeness (QED) is 0.834. The highest BCUT2D eigenvalue weighted by atomic mass is 32.2. The maximum Gasteiger partial charge on any atom is 0.336 e. The van der Waals surface area contributed by atoms with Gasteiger partial charge >= 0.3 is 5.97 Å². The van der Waals surface area contributed by atoms with E-state index in [9.17, 15) is 21.6 Å². The van der Waals surface area contributed by atoms with Crippen LogP contribution in [-0.4, -0.2) is 44.7 Å². The first-order chi connectivity index (χ1) is 9.61. The second kappa shape index (κ2) is 5.30. The minimum Gasteiger partial charge on any atom is -0.478 e. The van der Waals surface area contributed by atoms with Crippen LogP contribution < -0.4 is 4.72 Å². The summed E-state index contributed by atoms with van der Waals surface area (Å²) < 4.78 is 49.2. The monoisotopic (exact) mass is 333 g/mol. The summed E-state index contributed by atoms with van der Waals surface area (Å²) in [6, 6.07) is 4.16. The zero-order valence-electron chi connectivity index (χ0n) is 11.2. The zero-order chi connectivity index (χ0) is 15.8. The number of carbonyl (C=O) groups is 1. The SMILES string of the molecule is Cc1ccc(NS(=O)(=O)C2CCS(=O)(=O)C2)cc1C(=O)O. The van der Waals surface area contributed by atoms with Crippen molar-refractivity contribution in [1.82, 2.24) is 0 Å². The molecule has 9 heteroatoms. The Bertz CT molecular complexity index is 782. The lowest BCUT2D eigenvalue weighted by molar-refractivity contribution is 0.0696. The minimum absolute atomic E-state index is 0.00533. The molecule has 0 bridgehead atoms. The number of benzene rings is 1. The number of carboxylic acid groups (broad SMARTS) is 1. The molecule has 2 N–H and O–H groups in total. The lowest BCUT2D eigenvalue weighted by atomic mass is 10.1. The van der Waals surface area contributed by atoms with Crippen molar-refractivity contribution in [2.45, 2.75) is 18.6 Å². The average Bonchev–Trinajstić information content (AvgIpc) is 2.72. The first-order valence-electron chi connectivity index (χ1n) is 6.17. The maximum absolute atomic E-state index is 12.1. The largest absolute Gasteiger partial charge is 0.478 e. The van der Waals surface area contributed by atoms with Crippen LogP contribution in [0.25, 0.3) is 0 Å². The van der Waals surface area contributed by atoms with Gasteiger partial charge in [-0.25, -0.2) is 21.6 Å². The van der Waals surface area contributed by atoms with Gasteiger partial charge in [-0.3, -0.25) is 4.72 Å². The van der Waals surface area contributed by atoms with E-state index in [1.807, 2.05) is 0 Å². The van der Waals surface area contributed by atoms with Gasteiger partial charge in [0.15, 0.2) is 9.84 Å². The minimum atomic E-state index is -3.86. The molecule has 1 aliphatic heterocycles. The Balaban J connectivity index is 2.25. The van der Waals surface area contributed by atoms with Crippen LogP contribution in [0.5, 0.6) is 0 Å². The lowest BCUT2D eigenvalue weighted by Gasteiger charge is -2.13. The fraction of sp³-hybridized carbons (Fsp3) is 0.417. The Labute approximate surface area is 123 Å². The van der Waals surface area contributed by atoms with Gasteiger partial charge in [0.1, 0.15) is 0 Å². The van der Waals surface area contributed by atoms with E-state index in [2.05, 4.69) is 4.72 Å². The van der Waals surface area contributed by atoms with E-state index in [0.29, 0.717) is 5.56 Å². The molecule has 1 atom stereocenters. The molecular formula is C12H15NO6S2. The van der Waals surface area contributed by atoms with Crippen LogP contribution in [0.3, 0.4) is 0 Å². The molecule has 1 aromatic carbocycles. The number of sulfonamides is 1. The van der Waals surface area contributed by atoms with Crippen LogP contribution in [0, 0.1) is 6.92 Å². The van der Waals surface area contributed by atoms with Crippen LogP contribution >= 0.6 is 0 Å². The Morgan fingerprint density at radius 1 is 1.38 bits per heavy atom. The zero-order valence-corrected chi connectivity index (χ0v) is 12.9. The number of anilines is 1. The van der Waals surface area contributed by atoms with Gasteiger partial charge in [-0.2, -0.15) is 0 Å². The number of rotatable bonds is 4. The summed E-state index contributed by atoms with van der Waals surface area (Å²) in [5.74, 6) is -1.70. The van der Waals surface area contributed by atoms with Crippen molar-refractivity contribution in [2.75, 3.05) is 16.2 Å². The molecule has 7 nitrogen and oxygen atoms in total. The first-order valence-corrected chi connectivity index (χ1v) is 9.53. The molecule has 0 amide bonds. The van der Waals surface area contributed by atoms with E-state index in [4.69, 9.17) is 5.11 Å². The summed E-state index contributed by atoms with van der Waals surface area (Å²) in [4.78, 5) is 11.0. The van der Waals surface area contributed by atoms with E-state index in [1.165, 1.54) is 18.2 Å². The van der Waals surface area contributed by atoms with Gasteiger partial charge < -0.3 is 5.11 Å². The van der Waals surface area contributed by atoms with E-state index in [0.717, 1.165) is 0 Å². The van der Waals surface area contributed by atoms with Gasteiger partial charge in [0.2, 0.25) is 10.0 Å². The van der Waals surface area contributed by atoms with Crippen molar-refractivity contribution < 1.29 is 26.7 Å². The highest BCUT2D eigenvalue weighted by Gasteiger charge is 2.37. The molecule has 0 saturated carbocycles. The predicted molar refractivity (Wildman–Crippen MR) is 77.7 cm³/mol. The number of hydrogen-bond donors (Lipinski definition) is 2. The van der Waals surface area contributed by atoms with Gasteiger partial charge in [0.25, 0.3) is 0 Å². The van der Waals surface area contributed by atoms with Crippen molar-refractivity contribution in [3.05, 3.63) is 29.3 Å². The molecule has 0 aromatic heterocycles. The van der Waals surface area contributed by atoms with Gasteiger partial charge in [0.05, 0.1) is 22.3 Å². The molecule has 21 heavy (non-hydrogen) atoms. The third-order valence-electron chi connectivity index (χ3n) is 3.36. The summed E-state index contributed by atoms with van der Waals surface area (Å²) in [6.07, 6.45) is 0.0509.